The Hall–Kier alpha value is -3.07. The molecular weight excluding hydrogens is 497 g/mol. The zero-order valence-corrected chi connectivity index (χ0v) is 18.6. The molecule has 0 unspecified atom stereocenters. The molecule has 0 aliphatic carbocycles. The van der Waals surface area contributed by atoms with Crippen molar-refractivity contribution in [3.63, 3.8) is 0 Å². The molecule has 7 heteroatoms. The van der Waals surface area contributed by atoms with E-state index in [4.69, 9.17) is 14.2 Å². The highest BCUT2D eigenvalue weighted by Gasteiger charge is 2.21. The number of carboxylic acids is 1. The summed E-state index contributed by atoms with van der Waals surface area (Å²) < 4.78 is 18.1. The minimum atomic E-state index is -1.08. The summed E-state index contributed by atoms with van der Waals surface area (Å²) in [6.07, 6.45) is 2.10. The number of pyridine rings is 1. The highest BCUT2D eigenvalue weighted by Crippen LogP contribution is 2.35. The van der Waals surface area contributed by atoms with Crippen LogP contribution in [-0.4, -0.2) is 23.2 Å². The van der Waals surface area contributed by atoms with Gasteiger partial charge >= 0.3 is 5.97 Å². The van der Waals surface area contributed by atoms with Crippen molar-refractivity contribution in [1.29, 1.82) is 0 Å². The Morgan fingerprint density at radius 2 is 1.77 bits per heavy atom. The number of methoxy groups -OCH3 is 1. The molecule has 1 aromatic heterocycles. The molecule has 1 heterocycles. The van der Waals surface area contributed by atoms with Gasteiger partial charge in [0, 0.05) is 24.2 Å². The average Bonchev–Trinajstić information content (AvgIpc) is 2.74. The van der Waals surface area contributed by atoms with Gasteiger partial charge in [0.1, 0.15) is 28.6 Å². The van der Waals surface area contributed by atoms with Gasteiger partial charge in [-0.2, -0.15) is 0 Å². The minimum absolute atomic E-state index is 0.0750. The summed E-state index contributed by atoms with van der Waals surface area (Å²) in [4.78, 5) is 16.2. The molecule has 0 bridgehead atoms. The van der Waals surface area contributed by atoms with Gasteiger partial charge < -0.3 is 19.3 Å². The number of hydrogen-bond acceptors (Lipinski definition) is 5. The largest absolute Gasteiger partial charge is 0.500 e. The second-order valence-electron chi connectivity index (χ2n) is 6.13. The summed E-state index contributed by atoms with van der Waals surface area (Å²) in [6, 6.07) is 17.8. The van der Waals surface area contributed by atoms with Crippen LogP contribution in [0.4, 0.5) is 0 Å². The lowest BCUT2D eigenvalue weighted by atomic mass is 10.0. The van der Waals surface area contributed by atoms with Crippen molar-refractivity contribution in [2.45, 2.75) is 13.3 Å². The van der Waals surface area contributed by atoms with Crippen LogP contribution in [-0.2, 0) is 9.53 Å². The van der Waals surface area contributed by atoms with Crippen LogP contribution in [0.3, 0.4) is 0 Å². The highest BCUT2D eigenvalue weighted by molar-refractivity contribution is 14.1. The van der Waals surface area contributed by atoms with Gasteiger partial charge in [-0.3, -0.25) is 0 Å². The summed E-state index contributed by atoms with van der Waals surface area (Å²) in [7, 11) is 1.46. The van der Waals surface area contributed by atoms with E-state index in [2.05, 4.69) is 27.6 Å². The molecule has 2 aromatic carbocycles. The van der Waals surface area contributed by atoms with E-state index in [9.17, 15) is 9.90 Å². The van der Waals surface area contributed by atoms with Crippen LogP contribution in [0.5, 0.6) is 23.1 Å². The van der Waals surface area contributed by atoms with Crippen molar-refractivity contribution in [1.82, 2.24) is 4.98 Å². The maximum Gasteiger partial charge on any atom is 0.339 e. The Labute approximate surface area is 188 Å². The van der Waals surface area contributed by atoms with Crippen molar-refractivity contribution in [3.8, 4) is 23.1 Å². The number of benzene rings is 2. The fraction of sp³-hybridized carbons (Fsp3) is 0.130. The quantitative estimate of drug-likeness (QED) is 0.220. The highest BCUT2D eigenvalue weighted by atomic mass is 127. The molecule has 6 nitrogen and oxygen atoms in total. The monoisotopic (exact) mass is 517 g/mol. The molecule has 30 heavy (non-hydrogen) atoms. The number of para-hydroxylation sites is 1. The van der Waals surface area contributed by atoms with Gasteiger partial charge in [-0.05, 0) is 52.9 Å². The van der Waals surface area contributed by atoms with Crippen LogP contribution >= 0.6 is 22.6 Å². The molecule has 154 valence electrons. The minimum Gasteiger partial charge on any atom is -0.500 e. The second-order valence-corrected chi connectivity index (χ2v) is 7.29. The van der Waals surface area contributed by atoms with E-state index in [1.54, 1.807) is 54.7 Å². The Morgan fingerprint density at radius 3 is 2.43 bits per heavy atom. The predicted molar refractivity (Wildman–Crippen MR) is 122 cm³/mol. The average molecular weight is 517 g/mol. The van der Waals surface area contributed by atoms with E-state index in [0.29, 0.717) is 40.9 Å². The van der Waals surface area contributed by atoms with Crippen LogP contribution in [0.2, 0.25) is 0 Å². The summed E-state index contributed by atoms with van der Waals surface area (Å²) in [5, 5.41) is 9.76. The Bertz CT molecular complexity index is 1070. The zero-order chi connectivity index (χ0) is 21.5. The predicted octanol–water partition coefficient (Wildman–Crippen LogP) is 6.12. The van der Waals surface area contributed by atoms with E-state index >= 15 is 0 Å². The van der Waals surface area contributed by atoms with Gasteiger partial charge in [-0.1, -0.05) is 31.2 Å². The van der Waals surface area contributed by atoms with Crippen LogP contribution in [0, 0.1) is 3.57 Å². The van der Waals surface area contributed by atoms with Gasteiger partial charge in [0.2, 0.25) is 5.88 Å². The topological polar surface area (TPSA) is 77.9 Å². The van der Waals surface area contributed by atoms with E-state index in [-0.39, 0.29) is 5.57 Å². The Morgan fingerprint density at radius 1 is 1.03 bits per heavy atom. The molecule has 3 rings (SSSR count). The van der Waals surface area contributed by atoms with Gasteiger partial charge in [-0.15, -0.1) is 0 Å². The maximum absolute atomic E-state index is 11.9. The molecule has 0 amide bonds. The number of aromatic nitrogens is 1. The first-order chi connectivity index (χ1) is 14.5. The molecule has 0 aliphatic heterocycles. The first-order valence-electron chi connectivity index (χ1n) is 9.19. The molecule has 3 aromatic rings. The van der Waals surface area contributed by atoms with E-state index in [1.807, 2.05) is 19.1 Å². The lowest BCUT2D eigenvalue weighted by Crippen LogP contribution is -2.06. The molecule has 0 fully saturated rings. The molecular formula is C23H20INO5. The van der Waals surface area contributed by atoms with Crippen molar-refractivity contribution < 1.29 is 24.1 Å². The van der Waals surface area contributed by atoms with Crippen molar-refractivity contribution >= 4 is 34.1 Å². The number of carbonyl (C=O) groups is 1. The molecule has 0 atom stereocenters. The van der Waals surface area contributed by atoms with Crippen molar-refractivity contribution in [3.05, 3.63) is 81.8 Å². The summed E-state index contributed by atoms with van der Waals surface area (Å²) >= 11 is 2.15. The summed E-state index contributed by atoms with van der Waals surface area (Å²) in [6.45, 7) is 1.84. The Kier molecular flexibility index (Phi) is 7.29. The summed E-state index contributed by atoms with van der Waals surface area (Å²) in [5.41, 5.74) is 0.514. The third kappa shape index (κ3) is 5.10. The number of halogens is 1. The van der Waals surface area contributed by atoms with Crippen LogP contribution in [0.15, 0.2) is 72.6 Å². The Balaban J connectivity index is 1.94. The molecule has 0 spiro atoms. The lowest BCUT2D eigenvalue weighted by molar-refractivity contribution is -0.130. The number of allylic oxidation sites excluding steroid dienone is 1. The van der Waals surface area contributed by atoms with E-state index in [0.717, 1.165) is 3.57 Å². The fourth-order valence-electron chi connectivity index (χ4n) is 2.86. The molecule has 0 radical (unpaired) electrons. The van der Waals surface area contributed by atoms with Crippen LogP contribution in [0.25, 0.3) is 5.57 Å². The number of carboxylic acid groups (broad SMARTS) is 1. The second kappa shape index (κ2) is 10.1. The normalized spacial score (nSPS) is 11.4. The van der Waals surface area contributed by atoms with Crippen molar-refractivity contribution in [2.75, 3.05) is 7.11 Å². The third-order valence-corrected chi connectivity index (χ3v) is 5.01. The van der Waals surface area contributed by atoms with Crippen LogP contribution in [0.1, 0.15) is 18.9 Å². The fourth-order valence-corrected chi connectivity index (χ4v) is 3.31. The first-order valence-corrected chi connectivity index (χ1v) is 10.3. The van der Waals surface area contributed by atoms with Gasteiger partial charge in [0.15, 0.2) is 0 Å². The maximum atomic E-state index is 11.9. The standard InChI is InChI=1S/C23H20INO5/c1-3-19(28-2)21(23(26)27)17-10-4-5-12-20(17)29-15-8-6-9-16(14-15)30-22-18(24)11-7-13-25-22/h4-14H,3H2,1-2H3,(H,26,27). The molecule has 0 saturated carbocycles. The molecule has 0 aliphatic rings. The third-order valence-electron chi connectivity index (χ3n) is 4.19. The number of ether oxygens (including phenoxy) is 3. The SMILES string of the molecule is CCC(OC)=C(C(=O)O)c1ccccc1Oc1cccc(Oc2ncccc2I)c1. The first kappa shape index (κ1) is 21.6. The lowest BCUT2D eigenvalue weighted by Gasteiger charge is -2.15. The van der Waals surface area contributed by atoms with E-state index in [1.165, 1.54) is 7.11 Å². The van der Waals surface area contributed by atoms with Crippen LogP contribution < -0.4 is 9.47 Å². The smallest absolute Gasteiger partial charge is 0.339 e. The molecule has 1 N–H and O–H groups in total. The number of aliphatic carboxylic acids is 1. The van der Waals surface area contributed by atoms with Crippen molar-refractivity contribution in [2.24, 2.45) is 0 Å². The van der Waals surface area contributed by atoms with Gasteiger partial charge in [-0.25, -0.2) is 9.78 Å². The molecule has 0 saturated heterocycles. The number of rotatable bonds is 8. The van der Waals surface area contributed by atoms with E-state index < -0.39 is 5.97 Å². The van der Waals surface area contributed by atoms with Gasteiger partial charge in [0.25, 0.3) is 0 Å². The number of hydrogen-bond donors (Lipinski definition) is 1. The zero-order valence-electron chi connectivity index (χ0n) is 16.5. The number of nitrogens with zero attached hydrogens (tertiary/aromatic N) is 1. The van der Waals surface area contributed by atoms with Gasteiger partial charge in [0.05, 0.1) is 10.7 Å². The summed E-state index contributed by atoms with van der Waals surface area (Å²) in [5.74, 6) is 1.27.